The molecule has 5 nitrogen and oxygen atoms in total. The van der Waals surface area contributed by atoms with Crippen LogP contribution in [0.1, 0.15) is 18.2 Å². The third-order valence-electron chi connectivity index (χ3n) is 2.94. The average Bonchev–Trinajstić information content (AvgIpc) is 2.69. The molecule has 5 heteroatoms. The maximum atomic E-state index is 4.22. The molecule has 0 aliphatic carbocycles. The van der Waals surface area contributed by atoms with Gasteiger partial charge in [-0.15, -0.1) is 0 Å². The summed E-state index contributed by atoms with van der Waals surface area (Å²) in [5.74, 6) is 0. The first-order valence-corrected chi connectivity index (χ1v) is 6.11. The van der Waals surface area contributed by atoms with Crippen molar-refractivity contribution in [1.29, 1.82) is 0 Å². The van der Waals surface area contributed by atoms with Gasteiger partial charge in [-0.1, -0.05) is 0 Å². The summed E-state index contributed by atoms with van der Waals surface area (Å²) in [5, 5.41) is 10.8. The topological polar surface area (TPSA) is 54.8 Å². The first kappa shape index (κ1) is 12.4. The Kier molecular flexibility index (Phi) is 3.82. The lowest BCUT2D eigenvalue weighted by molar-refractivity contribution is 0.738. The van der Waals surface area contributed by atoms with Crippen molar-refractivity contribution in [2.45, 2.75) is 20.4 Å². The van der Waals surface area contributed by atoms with Gasteiger partial charge in [-0.25, -0.2) is 0 Å². The predicted octanol–water partition coefficient (Wildman–Crippen LogP) is 2.17. The van der Waals surface area contributed by atoms with Crippen LogP contribution in [0.2, 0.25) is 0 Å². The highest BCUT2D eigenvalue weighted by molar-refractivity contribution is 5.54. The van der Waals surface area contributed by atoms with E-state index in [0.29, 0.717) is 0 Å². The maximum absolute atomic E-state index is 4.22. The van der Waals surface area contributed by atoms with Crippen molar-refractivity contribution >= 4 is 11.4 Å². The van der Waals surface area contributed by atoms with Crippen molar-refractivity contribution in [3.63, 3.8) is 0 Å². The van der Waals surface area contributed by atoms with Crippen molar-refractivity contribution in [3.8, 4) is 0 Å². The molecule has 0 amide bonds. The Morgan fingerprint density at radius 2 is 1.89 bits per heavy atom. The Morgan fingerprint density at radius 3 is 2.50 bits per heavy atom. The zero-order valence-electron chi connectivity index (χ0n) is 11.1. The summed E-state index contributed by atoms with van der Waals surface area (Å²) >= 11 is 0. The van der Waals surface area contributed by atoms with E-state index in [9.17, 15) is 0 Å². The first-order chi connectivity index (χ1) is 8.70. The number of hydrogen-bond acceptors (Lipinski definition) is 4. The molecule has 0 aliphatic heterocycles. The fraction of sp³-hybridized carbons (Fsp3) is 0.385. The van der Waals surface area contributed by atoms with Gasteiger partial charge in [-0.05, 0) is 19.9 Å². The zero-order valence-corrected chi connectivity index (χ0v) is 11.1. The quantitative estimate of drug-likeness (QED) is 0.847. The molecule has 2 heterocycles. The Labute approximate surface area is 107 Å². The zero-order chi connectivity index (χ0) is 13.0. The van der Waals surface area contributed by atoms with Gasteiger partial charge in [0, 0.05) is 31.4 Å². The van der Waals surface area contributed by atoms with Crippen LogP contribution in [0.25, 0.3) is 0 Å². The summed E-state index contributed by atoms with van der Waals surface area (Å²) in [4.78, 5) is 4.20. The van der Waals surface area contributed by atoms with Crippen LogP contribution in [-0.2, 0) is 13.6 Å². The van der Waals surface area contributed by atoms with Crippen LogP contribution >= 0.6 is 0 Å². The van der Waals surface area contributed by atoms with Crippen molar-refractivity contribution in [1.82, 2.24) is 14.8 Å². The molecule has 2 N–H and O–H groups in total. The van der Waals surface area contributed by atoms with Crippen molar-refractivity contribution in [2.24, 2.45) is 7.05 Å². The van der Waals surface area contributed by atoms with Crippen LogP contribution in [0.5, 0.6) is 0 Å². The molecule has 2 rings (SSSR count). The monoisotopic (exact) mass is 245 g/mol. The molecule has 96 valence electrons. The molecule has 0 saturated carbocycles. The van der Waals surface area contributed by atoms with Crippen molar-refractivity contribution in [2.75, 3.05) is 17.2 Å². The summed E-state index contributed by atoms with van der Waals surface area (Å²) in [6, 6.07) is 2.06. The minimum absolute atomic E-state index is 0.761. The minimum Gasteiger partial charge on any atom is -0.384 e. The third kappa shape index (κ3) is 2.80. The molecule has 0 bridgehead atoms. The van der Waals surface area contributed by atoms with Gasteiger partial charge in [0.15, 0.2) is 0 Å². The largest absolute Gasteiger partial charge is 0.384 e. The molecule has 0 unspecified atom stereocenters. The van der Waals surface area contributed by atoms with Gasteiger partial charge in [0.2, 0.25) is 0 Å². The number of aromatic nitrogens is 3. The lowest BCUT2D eigenvalue weighted by Crippen LogP contribution is -2.03. The van der Waals surface area contributed by atoms with Gasteiger partial charge in [0.05, 0.1) is 30.0 Å². The van der Waals surface area contributed by atoms with Crippen molar-refractivity contribution in [3.05, 3.63) is 35.9 Å². The van der Waals surface area contributed by atoms with E-state index in [2.05, 4.69) is 40.6 Å². The average molecular weight is 245 g/mol. The Bertz CT molecular complexity index is 518. The van der Waals surface area contributed by atoms with E-state index in [4.69, 9.17) is 0 Å². The highest BCUT2D eigenvalue weighted by Crippen LogP contribution is 2.14. The van der Waals surface area contributed by atoms with Gasteiger partial charge >= 0.3 is 0 Å². The third-order valence-corrected chi connectivity index (χ3v) is 2.94. The van der Waals surface area contributed by atoms with Crippen molar-refractivity contribution < 1.29 is 0 Å². The van der Waals surface area contributed by atoms with Crippen LogP contribution < -0.4 is 10.6 Å². The molecular weight excluding hydrogens is 226 g/mol. The smallest absolute Gasteiger partial charge is 0.0550 e. The molecule has 0 aliphatic rings. The number of rotatable bonds is 5. The van der Waals surface area contributed by atoms with E-state index in [1.54, 1.807) is 0 Å². The lowest BCUT2D eigenvalue weighted by Gasteiger charge is -2.08. The van der Waals surface area contributed by atoms with E-state index in [1.165, 1.54) is 11.3 Å². The molecule has 0 saturated heterocycles. The first-order valence-electron chi connectivity index (χ1n) is 6.11. The molecule has 0 atom stereocenters. The Morgan fingerprint density at radius 1 is 1.17 bits per heavy atom. The van der Waals surface area contributed by atoms with Crippen LogP contribution in [0, 0.1) is 6.92 Å². The number of anilines is 2. The summed E-state index contributed by atoms with van der Waals surface area (Å²) in [7, 11) is 1.95. The van der Waals surface area contributed by atoms with Crippen LogP contribution in [0.4, 0.5) is 11.4 Å². The lowest BCUT2D eigenvalue weighted by atomic mass is 10.2. The molecule has 2 aromatic rings. The summed E-state index contributed by atoms with van der Waals surface area (Å²) in [6.07, 6.45) is 5.54. The van der Waals surface area contributed by atoms with E-state index in [1.807, 2.05) is 30.3 Å². The molecule has 0 aromatic carbocycles. The van der Waals surface area contributed by atoms with Gasteiger partial charge in [-0.3, -0.25) is 9.67 Å². The molecule has 0 fully saturated rings. The predicted molar refractivity (Wildman–Crippen MR) is 73.7 cm³/mol. The van der Waals surface area contributed by atoms with E-state index in [-0.39, 0.29) is 0 Å². The minimum atomic E-state index is 0.761. The second-order valence-electron chi connectivity index (χ2n) is 4.22. The van der Waals surface area contributed by atoms with E-state index < -0.39 is 0 Å². The molecule has 0 radical (unpaired) electrons. The number of pyridine rings is 1. The van der Waals surface area contributed by atoms with Crippen LogP contribution in [-0.4, -0.2) is 21.3 Å². The number of aryl methyl sites for hydroxylation is 1. The fourth-order valence-corrected chi connectivity index (χ4v) is 1.75. The van der Waals surface area contributed by atoms with Gasteiger partial charge in [0.1, 0.15) is 0 Å². The van der Waals surface area contributed by atoms with E-state index in [0.717, 1.165) is 24.5 Å². The van der Waals surface area contributed by atoms with Gasteiger partial charge in [-0.2, -0.15) is 5.10 Å². The SMILES string of the molecule is CCNc1cncc(NCc2cnn(C)c2C)c1. The second-order valence-corrected chi connectivity index (χ2v) is 4.22. The second kappa shape index (κ2) is 5.53. The fourth-order valence-electron chi connectivity index (χ4n) is 1.75. The normalized spacial score (nSPS) is 10.4. The molecule has 18 heavy (non-hydrogen) atoms. The number of hydrogen-bond donors (Lipinski definition) is 2. The van der Waals surface area contributed by atoms with E-state index >= 15 is 0 Å². The molecular formula is C13H19N5. The standard InChI is InChI=1S/C13H19N5/c1-4-15-12-5-13(9-14-8-12)16-6-11-7-17-18(3)10(11)2/h5,7-9,15-16H,4,6H2,1-3H3. The Hall–Kier alpha value is -2.04. The number of nitrogens with zero attached hydrogens (tertiary/aromatic N) is 3. The summed E-state index contributed by atoms with van der Waals surface area (Å²) < 4.78 is 1.88. The molecule has 0 spiro atoms. The van der Waals surface area contributed by atoms with Gasteiger partial charge < -0.3 is 10.6 Å². The Balaban J connectivity index is 2.01. The summed E-state index contributed by atoms with van der Waals surface area (Å²) in [6.45, 7) is 5.79. The van der Waals surface area contributed by atoms with Crippen LogP contribution in [0.3, 0.4) is 0 Å². The maximum Gasteiger partial charge on any atom is 0.0550 e. The highest BCUT2D eigenvalue weighted by Gasteiger charge is 2.03. The highest BCUT2D eigenvalue weighted by atomic mass is 15.3. The summed E-state index contributed by atoms with van der Waals surface area (Å²) in [5.41, 5.74) is 4.42. The molecule has 2 aromatic heterocycles. The number of nitrogens with one attached hydrogen (secondary N) is 2. The van der Waals surface area contributed by atoms with Crippen LogP contribution in [0.15, 0.2) is 24.7 Å². The van der Waals surface area contributed by atoms with Gasteiger partial charge in [0.25, 0.3) is 0 Å².